The van der Waals surface area contributed by atoms with Gasteiger partial charge < -0.3 is 5.11 Å². The predicted molar refractivity (Wildman–Crippen MR) is 95.6 cm³/mol. The number of phenols is 1. The number of phenolic OH excluding ortho intramolecular Hbond substituents is 1. The summed E-state index contributed by atoms with van der Waals surface area (Å²) in [7, 11) is 0. The van der Waals surface area contributed by atoms with Crippen molar-refractivity contribution in [3.05, 3.63) is 53.3 Å². The minimum Gasteiger partial charge on any atom is -0.506 e. The normalized spacial score (nSPS) is 10.8. The first kappa shape index (κ1) is 15.9. The summed E-state index contributed by atoms with van der Waals surface area (Å²) in [6.45, 7) is 0. The number of hydrogen-bond donors (Lipinski definition) is 2. The standard InChI is InChI=1S/C12H8I2N4O3/c13-8-4-7(5-9(14)11(8)19)6-16-17-12-10(18(20)21)2-1-3-15-12/h1-6,19H,(H,15,17)/b16-6-. The molecule has 7 nitrogen and oxygen atoms in total. The number of pyridine rings is 1. The molecule has 21 heavy (non-hydrogen) atoms. The molecule has 0 aliphatic carbocycles. The molecule has 0 atom stereocenters. The summed E-state index contributed by atoms with van der Waals surface area (Å²) in [5.41, 5.74) is 3.15. The number of hydrazone groups is 1. The van der Waals surface area contributed by atoms with Gasteiger partial charge in [0.1, 0.15) is 5.75 Å². The molecule has 108 valence electrons. The number of aromatic nitrogens is 1. The van der Waals surface area contributed by atoms with Crippen LogP contribution in [0.1, 0.15) is 5.56 Å². The van der Waals surface area contributed by atoms with E-state index in [1.54, 1.807) is 12.1 Å². The van der Waals surface area contributed by atoms with Gasteiger partial charge in [-0.05, 0) is 68.9 Å². The molecule has 1 heterocycles. The molecule has 0 radical (unpaired) electrons. The molecule has 0 spiro atoms. The van der Waals surface area contributed by atoms with Crippen molar-refractivity contribution in [1.82, 2.24) is 4.98 Å². The van der Waals surface area contributed by atoms with E-state index in [1.807, 2.05) is 45.2 Å². The van der Waals surface area contributed by atoms with Crippen LogP contribution in [-0.2, 0) is 0 Å². The van der Waals surface area contributed by atoms with Gasteiger partial charge in [-0.15, -0.1) is 0 Å². The fraction of sp³-hybridized carbons (Fsp3) is 0. The van der Waals surface area contributed by atoms with Crippen molar-refractivity contribution in [2.24, 2.45) is 5.10 Å². The van der Waals surface area contributed by atoms with Crippen LogP contribution in [0, 0.1) is 17.3 Å². The largest absolute Gasteiger partial charge is 0.506 e. The van der Waals surface area contributed by atoms with E-state index in [9.17, 15) is 15.2 Å². The maximum Gasteiger partial charge on any atom is 0.313 e. The van der Waals surface area contributed by atoms with Crippen molar-refractivity contribution in [3.63, 3.8) is 0 Å². The van der Waals surface area contributed by atoms with Gasteiger partial charge in [0.05, 0.1) is 18.3 Å². The Kier molecular flexibility index (Phi) is 5.27. The molecule has 0 aliphatic heterocycles. The van der Waals surface area contributed by atoms with E-state index in [0.29, 0.717) is 7.14 Å². The van der Waals surface area contributed by atoms with Crippen LogP contribution >= 0.6 is 45.2 Å². The fourth-order valence-electron chi connectivity index (χ4n) is 1.46. The van der Waals surface area contributed by atoms with E-state index in [1.165, 1.54) is 24.5 Å². The minimum absolute atomic E-state index is 0.0712. The van der Waals surface area contributed by atoms with Crippen molar-refractivity contribution in [2.75, 3.05) is 5.43 Å². The Morgan fingerprint density at radius 2 is 2.05 bits per heavy atom. The van der Waals surface area contributed by atoms with Gasteiger partial charge in [-0.1, -0.05) is 0 Å². The third-order valence-electron chi connectivity index (χ3n) is 2.41. The van der Waals surface area contributed by atoms with E-state index in [-0.39, 0.29) is 17.3 Å². The van der Waals surface area contributed by atoms with Crippen LogP contribution in [0.2, 0.25) is 0 Å². The number of nitrogens with one attached hydrogen (secondary N) is 1. The van der Waals surface area contributed by atoms with E-state index in [2.05, 4.69) is 15.5 Å². The second-order valence-electron chi connectivity index (χ2n) is 3.83. The highest BCUT2D eigenvalue weighted by atomic mass is 127. The van der Waals surface area contributed by atoms with Gasteiger partial charge in [-0.2, -0.15) is 5.10 Å². The summed E-state index contributed by atoms with van der Waals surface area (Å²) >= 11 is 4.03. The Morgan fingerprint density at radius 3 is 2.67 bits per heavy atom. The monoisotopic (exact) mass is 510 g/mol. The van der Waals surface area contributed by atoms with Gasteiger partial charge in [0.2, 0.25) is 5.82 Å². The Hall–Kier alpha value is -1.50. The van der Waals surface area contributed by atoms with Gasteiger partial charge in [0, 0.05) is 12.3 Å². The first-order valence-corrected chi connectivity index (χ1v) is 7.71. The second kappa shape index (κ2) is 6.98. The summed E-state index contributed by atoms with van der Waals surface area (Å²) in [5.74, 6) is 0.295. The third-order valence-corrected chi connectivity index (χ3v) is 4.05. The quantitative estimate of drug-likeness (QED) is 0.285. The molecule has 0 saturated heterocycles. The molecule has 9 heteroatoms. The zero-order chi connectivity index (χ0) is 15.4. The Labute approximate surface area is 146 Å². The van der Waals surface area contributed by atoms with Crippen LogP contribution in [0.15, 0.2) is 35.6 Å². The molecule has 1 aromatic carbocycles. The third kappa shape index (κ3) is 4.00. The number of aromatic hydroxyl groups is 1. The number of halogens is 2. The summed E-state index contributed by atoms with van der Waals surface area (Å²) in [5, 5.41) is 24.4. The maximum atomic E-state index is 10.8. The Balaban J connectivity index is 2.19. The second-order valence-corrected chi connectivity index (χ2v) is 6.16. The van der Waals surface area contributed by atoms with E-state index >= 15 is 0 Å². The van der Waals surface area contributed by atoms with E-state index in [0.717, 1.165) is 5.56 Å². The lowest BCUT2D eigenvalue weighted by molar-refractivity contribution is -0.384. The average molecular weight is 510 g/mol. The highest BCUT2D eigenvalue weighted by molar-refractivity contribution is 14.1. The number of anilines is 1. The van der Waals surface area contributed by atoms with Crippen LogP contribution in [0.5, 0.6) is 5.75 Å². The number of benzene rings is 1. The molecule has 2 rings (SSSR count). The van der Waals surface area contributed by atoms with Gasteiger partial charge in [0.25, 0.3) is 0 Å². The number of hydrogen-bond acceptors (Lipinski definition) is 6. The van der Waals surface area contributed by atoms with Crippen LogP contribution in [0.3, 0.4) is 0 Å². The van der Waals surface area contributed by atoms with Crippen molar-refractivity contribution >= 4 is 62.9 Å². The zero-order valence-electron chi connectivity index (χ0n) is 10.3. The van der Waals surface area contributed by atoms with E-state index in [4.69, 9.17) is 0 Å². The summed E-state index contributed by atoms with van der Waals surface area (Å²) < 4.78 is 1.40. The Morgan fingerprint density at radius 1 is 1.38 bits per heavy atom. The number of nitro groups is 1. The van der Waals surface area contributed by atoms with Crippen molar-refractivity contribution in [1.29, 1.82) is 0 Å². The van der Waals surface area contributed by atoms with Crippen LogP contribution in [0.4, 0.5) is 11.5 Å². The lowest BCUT2D eigenvalue weighted by atomic mass is 10.2. The van der Waals surface area contributed by atoms with Crippen molar-refractivity contribution in [3.8, 4) is 5.75 Å². The molecule has 0 amide bonds. The first-order chi connectivity index (χ1) is 9.99. The van der Waals surface area contributed by atoms with Crippen LogP contribution < -0.4 is 5.43 Å². The summed E-state index contributed by atoms with van der Waals surface area (Å²) in [6, 6.07) is 6.32. The highest BCUT2D eigenvalue weighted by Crippen LogP contribution is 2.26. The molecule has 0 aliphatic rings. The summed E-state index contributed by atoms with van der Waals surface area (Å²) in [4.78, 5) is 14.2. The lowest BCUT2D eigenvalue weighted by Crippen LogP contribution is -1.99. The highest BCUT2D eigenvalue weighted by Gasteiger charge is 2.12. The van der Waals surface area contributed by atoms with Gasteiger partial charge in [-0.3, -0.25) is 15.5 Å². The zero-order valence-corrected chi connectivity index (χ0v) is 14.6. The molecule has 0 bridgehead atoms. The average Bonchev–Trinajstić information content (AvgIpc) is 2.45. The SMILES string of the molecule is O=[N+]([O-])c1cccnc1N/N=C\c1cc(I)c(O)c(I)c1. The number of nitrogens with zero attached hydrogens (tertiary/aromatic N) is 3. The molecular formula is C12H8I2N4O3. The van der Waals surface area contributed by atoms with E-state index < -0.39 is 4.92 Å². The van der Waals surface area contributed by atoms with Crippen molar-refractivity contribution in [2.45, 2.75) is 0 Å². The van der Waals surface area contributed by atoms with Crippen LogP contribution in [-0.4, -0.2) is 21.2 Å². The van der Waals surface area contributed by atoms with Gasteiger partial charge in [0.15, 0.2) is 0 Å². The van der Waals surface area contributed by atoms with Crippen LogP contribution in [0.25, 0.3) is 0 Å². The lowest BCUT2D eigenvalue weighted by Gasteiger charge is -2.03. The predicted octanol–water partition coefficient (Wildman–Crippen LogP) is 3.35. The molecule has 0 unspecified atom stereocenters. The van der Waals surface area contributed by atoms with Crippen molar-refractivity contribution < 1.29 is 10.0 Å². The molecular weight excluding hydrogens is 502 g/mol. The minimum atomic E-state index is -0.530. The topological polar surface area (TPSA) is 101 Å². The maximum absolute atomic E-state index is 10.8. The molecule has 0 fully saturated rings. The Bertz CT molecular complexity index is 698. The first-order valence-electron chi connectivity index (χ1n) is 5.55. The molecule has 1 aromatic heterocycles. The van der Waals surface area contributed by atoms with Gasteiger partial charge >= 0.3 is 5.69 Å². The van der Waals surface area contributed by atoms with Gasteiger partial charge in [-0.25, -0.2) is 4.98 Å². The fourth-order valence-corrected chi connectivity index (χ4v) is 3.27. The molecule has 2 N–H and O–H groups in total. The molecule has 2 aromatic rings. The summed E-state index contributed by atoms with van der Waals surface area (Å²) in [6.07, 6.45) is 2.94. The molecule has 0 saturated carbocycles. The number of rotatable bonds is 4. The smallest absolute Gasteiger partial charge is 0.313 e.